The summed E-state index contributed by atoms with van der Waals surface area (Å²) < 4.78 is 0. The molecule has 2 rings (SSSR count). The second kappa shape index (κ2) is 3.20. The Morgan fingerprint density at radius 3 is 3.15 bits per heavy atom. The van der Waals surface area contributed by atoms with E-state index in [4.69, 9.17) is 0 Å². The van der Waals surface area contributed by atoms with Gasteiger partial charge < -0.3 is 5.32 Å². The van der Waals surface area contributed by atoms with Gasteiger partial charge in [-0.3, -0.25) is 4.79 Å². The van der Waals surface area contributed by atoms with E-state index >= 15 is 0 Å². The highest BCUT2D eigenvalue weighted by Crippen LogP contribution is 2.37. The van der Waals surface area contributed by atoms with Gasteiger partial charge in [0, 0.05) is 12.6 Å². The average Bonchev–Trinajstić information content (AvgIpc) is 2.79. The number of anilines is 1. The molecule has 1 aromatic rings. The average molecular weight is 179 g/mol. The van der Waals surface area contributed by atoms with Crippen molar-refractivity contribution in [2.45, 2.75) is 13.3 Å². The maximum absolute atomic E-state index is 10.9. The number of hydrogen-bond acceptors (Lipinski definition) is 3. The summed E-state index contributed by atoms with van der Waals surface area (Å²) in [7, 11) is 0. The predicted octanol–water partition coefficient (Wildman–Crippen LogP) is 0.838. The minimum Gasteiger partial charge on any atom is -0.383 e. The van der Waals surface area contributed by atoms with Crippen LogP contribution in [-0.4, -0.2) is 16.7 Å². The Kier molecular flexibility index (Phi) is 2.04. The van der Waals surface area contributed by atoms with E-state index in [0.717, 1.165) is 24.1 Å². The van der Waals surface area contributed by atoms with Gasteiger partial charge in [-0.15, -0.1) is 0 Å². The Labute approximate surface area is 76.4 Å². The number of H-pyrrole nitrogens is 1. The molecule has 0 radical (unpaired) electrons. The molecule has 2 atom stereocenters. The molecule has 1 saturated carbocycles. The fourth-order valence-corrected chi connectivity index (χ4v) is 1.41. The summed E-state index contributed by atoms with van der Waals surface area (Å²) in [6, 6.07) is 1.53. The molecule has 0 aliphatic heterocycles. The highest BCUT2D eigenvalue weighted by Gasteiger charge is 2.31. The first-order valence-corrected chi connectivity index (χ1v) is 4.54. The van der Waals surface area contributed by atoms with Crippen LogP contribution < -0.4 is 10.9 Å². The second-order valence-corrected chi connectivity index (χ2v) is 3.69. The summed E-state index contributed by atoms with van der Waals surface area (Å²) in [4.78, 5) is 10.9. The highest BCUT2D eigenvalue weighted by atomic mass is 16.1. The molecule has 2 unspecified atom stereocenters. The van der Waals surface area contributed by atoms with Crippen molar-refractivity contribution < 1.29 is 0 Å². The van der Waals surface area contributed by atoms with Crippen LogP contribution in [0.4, 0.5) is 5.69 Å². The monoisotopic (exact) mass is 179 g/mol. The molecule has 4 nitrogen and oxygen atoms in total. The molecule has 0 aromatic carbocycles. The van der Waals surface area contributed by atoms with Gasteiger partial charge in [0.2, 0.25) is 0 Å². The van der Waals surface area contributed by atoms with E-state index in [1.165, 1.54) is 12.5 Å². The van der Waals surface area contributed by atoms with Crippen molar-refractivity contribution in [3.05, 3.63) is 22.6 Å². The Balaban J connectivity index is 1.90. The molecule has 1 aliphatic rings. The van der Waals surface area contributed by atoms with Crippen molar-refractivity contribution in [2.24, 2.45) is 11.8 Å². The Hall–Kier alpha value is -1.32. The van der Waals surface area contributed by atoms with Gasteiger partial charge in [-0.25, -0.2) is 5.10 Å². The highest BCUT2D eigenvalue weighted by molar-refractivity contribution is 5.38. The molecule has 0 spiro atoms. The van der Waals surface area contributed by atoms with Gasteiger partial charge in [-0.2, -0.15) is 5.10 Å². The van der Waals surface area contributed by atoms with Crippen LogP contribution in [0.1, 0.15) is 13.3 Å². The lowest BCUT2D eigenvalue weighted by atomic mass is 10.3. The third-order valence-electron chi connectivity index (χ3n) is 2.51. The van der Waals surface area contributed by atoms with E-state index in [-0.39, 0.29) is 5.56 Å². The zero-order valence-electron chi connectivity index (χ0n) is 7.58. The molecule has 1 fully saturated rings. The van der Waals surface area contributed by atoms with Crippen molar-refractivity contribution in [3.63, 3.8) is 0 Å². The summed E-state index contributed by atoms with van der Waals surface area (Å²) in [6.45, 7) is 3.19. The van der Waals surface area contributed by atoms with Gasteiger partial charge in [0.15, 0.2) is 0 Å². The molecule has 1 aliphatic carbocycles. The quantitative estimate of drug-likeness (QED) is 0.722. The summed E-state index contributed by atoms with van der Waals surface area (Å²) in [5, 5.41) is 9.24. The lowest BCUT2D eigenvalue weighted by Crippen LogP contribution is -2.10. The van der Waals surface area contributed by atoms with E-state index in [9.17, 15) is 4.79 Å². The van der Waals surface area contributed by atoms with Gasteiger partial charge in [0.1, 0.15) is 0 Å². The molecular weight excluding hydrogens is 166 g/mol. The minimum atomic E-state index is -0.158. The molecule has 1 heterocycles. The molecule has 13 heavy (non-hydrogen) atoms. The normalized spacial score (nSPS) is 25.6. The van der Waals surface area contributed by atoms with Crippen molar-refractivity contribution in [2.75, 3.05) is 11.9 Å². The molecule has 0 amide bonds. The van der Waals surface area contributed by atoms with Crippen LogP contribution in [0.25, 0.3) is 0 Å². The maximum atomic E-state index is 10.9. The van der Waals surface area contributed by atoms with Crippen LogP contribution in [-0.2, 0) is 0 Å². The molecule has 0 saturated heterocycles. The lowest BCUT2D eigenvalue weighted by molar-refractivity contribution is 0.785. The molecule has 70 valence electrons. The SMILES string of the molecule is CC1CC1CNc1cn[nH]c(=O)c1. The largest absolute Gasteiger partial charge is 0.383 e. The summed E-state index contributed by atoms with van der Waals surface area (Å²) >= 11 is 0. The van der Waals surface area contributed by atoms with Crippen LogP contribution >= 0.6 is 0 Å². The number of hydrogen-bond donors (Lipinski definition) is 2. The first kappa shape index (κ1) is 8.29. The van der Waals surface area contributed by atoms with E-state index in [1.54, 1.807) is 6.20 Å². The van der Waals surface area contributed by atoms with Gasteiger partial charge in [0.05, 0.1) is 11.9 Å². The van der Waals surface area contributed by atoms with E-state index in [0.29, 0.717) is 0 Å². The molecule has 2 N–H and O–H groups in total. The Bertz CT molecular complexity index is 347. The molecule has 1 aromatic heterocycles. The molecule has 4 heteroatoms. The van der Waals surface area contributed by atoms with Crippen molar-refractivity contribution >= 4 is 5.69 Å². The number of rotatable bonds is 3. The Morgan fingerprint density at radius 1 is 1.77 bits per heavy atom. The van der Waals surface area contributed by atoms with Gasteiger partial charge in [-0.05, 0) is 18.3 Å². The van der Waals surface area contributed by atoms with Crippen LogP contribution in [0, 0.1) is 11.8 Å². The second-order valence-electron chi connectivity index (χ2n) is 3.69. The van der Waals surface area contributed by atoms with Crippen molar-refractivity contribution in [3.8, 4) is 0 Å². The van der Waals surface area contributed by atoms with Crippen LogP contribution in [0.2, 0.25) is 0 Å². The first-order chi connectivity index (χ1) is 6.25. The van der Waals surface area contributed by atoms with E-state index in [1.807, 2.05) is 0 Å². The van der Waals surface area contributed by atoms with Crippen molar-refractivity contribution in [1.29, 1.82) is 0 Å². The third kappa shape index (κ3) is 2.08. The van der Waals surface area contributed by atoms with Crippen molar-refractivity contribution in [1.82, 2.24) is 10.2 Å². The summed E-state index contributed by atoms with van der Waals surface area (Å²) in [5.74, 6) is 1.61. The smallest absolute Gasteiger partial charge is 0.266 e. The topological polar surface area (TPSA) is 57.8 Å². The fraction of sp³-hybridized carbons (Fsp3) is 0.556. The molecule has 0 bridgehead atoms. The molecular formula is C9H13N3O. The zero-order valence-corrected chi connectivity index (χ0v) is 7.58. The van der Waals surface area contributed by atoms with Crippen LogP contribution in [0.3, 0.4) is 0 Å². The number of aromatic nitrogens is 2. The number of nitrogens with zero attached hydrogens (tertiary/aromatic N) is 1. The van der Waals surface area contributed by atoms with Crippen LogP contribution in [0.15, 0.2) is 17.1 Å². The summed E-state index contributed by atoms with van der Waals surface area (Å²) in [6.07, 6.45) is 2.93. The first-order valence-electron chi connectivity index (χ1n) is 4.54. The maximum Gasteiger partial charge on any atom is 0.266 e. The summed E-state index contributed by atoms with van der Waals surface area (Å²) in [5.41, 5.74) is 0.650. The van der Waals surface area contributed by atoms with Crippen LogP contribution in [0.5, 0.6) is 0 Å². The minimum absolute atomic E-state index is 0.158. The number of nitrogens with one attached hydrogen (secondary N) is 2. The Morgan fingerprint density at radius 2 is 2.54 bits per heavy atom. The van der Waals surface area contributed by atoms with E-state index in [2.05, 4.69) is 22.4 Å². The number of aromatic amines is 1. The van der Waals surface area contributed by atoms with Gasteiger partial charge in [-0.1, -0.05) is 6.92 Å². The lowest BCUT2D eigenvalue weighted by Gasteiger charge is -2.02. The van der Waals surface area contributed by atoms with Gasteiger partial charge >= 0.3 is 0 Å². The fourth-order valence-electron chi connectivity index (χ4n) is 1.41. The van der Waals surface area contributed by atoms with Gasteiger partial charge in [0.25, 0.3) is 5.56 Å². The third-order valence-corrected chi connectivity index (χ3v) is 2.51. The standard InChI is InChI=1S/C9H13N3O/c1-6-2-7(6)4-10-8-3-9(13)12-11-5-8/h3,5-7H,2,4H2,1H3,(H2,10,12,13). The van der Waals surface area contributed by atoms with E-state index < -0.39 is 0 Å². The zero-order chi connectivity index (χ0) is 9.26. The predicted molar refractivity (Wildman–Crippen MR) is 50.6 cm³/mol.